The van der Waals surface area contributed by atoms with E-state index in [-0.39, 0.29) is 5.56 Å². The number of urea groups is 1. The summed E-state index contributed by atoms with van der Waals surface area (Å²) in [6.45, 7) is 5.63. The molecule has 0 radical (unpaired) electrons. The zero-order chi connectivity index (χ0) is 18.1. The van der Waals surface area contributed by atoms with Gasteiger partial charge in [-0.1, -0.05) is 17.8 Å². The van der Waals surface area contributed by atoms with Crippen LogP contribution in [0.4, 0.5) is 4.79 Å². The summed E-state index contributed by atoms with van der Waals surface area (Å²) in [6, 6.07) is -0.904. The Morgan fingerprint density at radius 3 is 2.96 bits per heavy atom. The van der Waals surface area contributed by atoms with Crippen molar-refractivity contribution in [3.05, 3.63) is 33.4 Å². The number of thioether (sulfide) groups is 1. The van der Waals surface area contributed by atoms with Crippen LogP contribution < -0.4 is 16.6 Å². The second-order valence-corrected chi connectivity index (χ2v) is 8.14. The van der Waals surface area contributed by atoms with Gasteiger partial charge in [-0.2, -0.15) is 0 Å². The monoisotopic (exact) mass is 378 g/mol. The molecule has 3 amide bonds. The van der Waals surface area contributed by atoms with E-state index in [0.29, 0.717) is 21.9 Å². The van der Waals surface area contributed by atoms with Crippen molar-refractivity contribution in [1.82, 2.24) is 14.9 Å². The van der Waals surface area contributed by atoms with E-state index >= 15 is 0 Å². The molecule has 0 fully saturated rings. The predicted octanol–water partition coefficient (Wildman–Crippen LogP) is 1.81. The maximum absolute atomic E-state index is 13.0. The average molecular weight is 378 g/mol. The Balaban J connectivity index is 2.04. The number of nitrogens with two attached hydrogens (primary N) is 1. The Labute approximate surface area is 152 Å². The number of hydrogen-bond donors (Lipinski definition) is 2. The highest BCUT2D eigenvalue weighted by atomic mass is 32.2. The molecule has 1 unspecified atom stereocenters. The Bertz CT molecular complexity index is 932. The van der Waals surface area contributed by atoms with Crippen molar-refractivity contribution in [2.75, 3.05) is 0 Å². The summed E-state index contributed by atoms with van der Waals surface area (Å²) < 4.78 is 1.53. The maximum atomic E-state index is 13.0. The molecule has 0 aromatic carbocycles. The fourth-order valence-electron chi connectivity index (χ4n) is 2.87. The molecular weight excluding hydrogens is 360 g/mol. The summed E-state index contributed by atoms with van der Waals surface area (Å²) in [4.78, 5) is 42.3. The molecule has 0 bridgehead atoms. The number of amides is 3. The van der Waals surface area contributed by atoms with E-state index in [1.165, 1.54) is 9.44 Å². The van der Waals surface area contributed by atoms with Crippen LogP contribution in [0.3, 0.4) is 0 Å². The molecule has 1 atom stereocenters. The van der Waals surface area contributed by atoms with Crippen LogP contribution in [-0.2, 0) is 24.2 Å². The van der Waals surface area contributed by atoms with Crippen LogP contribution in [0.5, 0.6) is 0 Å². The highest BCUT2D eigenvalue weighted by Gasteiger charge is 2.25. The third-order valence-corrected chi connectivity index (χ3v) is 6.28. The highest BCUT2D eigenvalue weighted by molar-refractivity contribution is 8.00. The van der Waals surface area contributed by atoms with Gasteiger partial charge in [0.15, 0.2) is 5.16 Å². The summed E-state index contributed by atoms with van der Waals surface area (Å²) in [5, 5.41) is 2.55. The van der Waals surface area contributed by atoms with E-state index in [1.54, 1.807) is 24.3 Å². The number of carbonyl (C=O) groups excluding carboxylic acids is 2. The van der Waals surface area contributed by atoms with Crippen LogP contribution in [-0.4, -0.2) is 26.7 Å². The first-order valence-electron chi connectivity index (χ1n) is 7.85. The van der Waals surface area contributed by atoms with Gasteiger partial charge in [-0.05, 0) is 31.7 Å². The fraction of sp³-hybridized carbons (Fsp3) is 0.375. The van der Waals surface area contributed by atoms with Gasteiger partial charge < -0.3 is 5.73 Å². The van der Waals surface area contributed by atoms with E-state index in [1.807, 2.05) is 5.32 Å². The Morgan fingerprint density at radius 2 is 2.28 bits per heavy atom. The molecule has 9 heteroatoms. The van der Waals surface area contributed by atoms with Crippen molar-refractivity contribution in [3.63, 3.8) is 0 Å². The van der Waals surface area contributed by atoms with Gasteiger partial charge in [0.2, 0.25) is 5.91 Å². The molecule has 2 aromatic heterocycles. The van der Waals surface area contributed by atoms with E-state index in [9.17, 15) is 14.4 Å². The molecule has 0 saturated carbocycles. The number of hydrogen-bond acceptors (Lipinski definition) is 6. The highest BCUT2D eigenvalue weighted by Crippen LogP contribution is 2.36. The van der Waals surface area contributed by atoms with Gasteiger partial charge in [-0.15, -0.1) is 17.9 Å². The minimum absolute atomic E-state index is 0.102. The van der Waals surface area contributed by atoms with Gasteiger partial charge in [0, 0.05) is 11.4 Å². The zero-order valence-corrected chi connectivity index (χ0v) is 15.3. The number of thiophene rings is 1. The number of aromatic nitrogens is 2. The van der Waals surface area contributed by atoms with Crippen molar-refractivity contribution in [1.29, 1.82) is 0 Å². The summed E-state index contributed by atoms with van der Waals surface area (Å²) >= 11 is 2.67. The largest absolute Gasteiger partial charge is 0.351 e. The molecule has 25 heavy (non-hydrogen) atoms. The SMILES string of the molecule is C=CCn1c(SC(C)C(=O)NC(N)=O)nc2sc3c(c2c1=O)CCC3. The number of carbonyl (C=O) groups is 2. The zero-order valence-electron chi connectivity index (χ0n) is 13.7. The first-order valence-corrected chi connectivity index (χ1v) is 9.55. The molecule has 3 N–H and O–H groups in total. The van der Waals surface area contributed by atoms with Crippen LogP contribution in [0.15, 0.2) is 22.6 Å². The lowest BCUT2D eigenvalue weighted by atomic mass is 10.2. The molecule has 0 aliphatic heterocycles. The number of imide groups is 1. The number of rotatable bonds is 5. The summed E-state index contributed by atoms with van der Waals surface area (Å²) in [7, 11) is 0. The van der Waals surface area contributed by atoms with Crippen LogP contribution in [0.2, 0.25) is 0 Å². The second kappa shape index (κ2) is 7.01. The molecule has 3 rings (SSSR count). The molecule has 2 heterocycles. The minimum Gasteiger partial charge on any atom is -0.351 e. The molecule has 1 aliphatic carbocycles. The molecule has 7 nitrogen and oxygen atoms in total. The van der Waals surface area contributed by atoms with Crippen LogP contribution in [0.1, 0.15) is 23.8 Å². The summed E-state index contributed by atoms with van der Waals surface area (Å²) in [5.74, 6) is -0.523. The van der Waals surface area contributed by atoms with E-state index in [4.69, 9.17) is 5.73 Å². The van der Waals surface area contributed by atoms with Crippen molar-refractivity contribution >= 4 is 45.3 Å². The number of fused-ring (bicyclic) bond motifs is 3. The maximum Gasteiger partial charge on any atom is 0.318 e. The second-order valence-electron chi connectivity index (χ2n) is 5.75. The molecule has 2 aromatic rings. The van der Waals surface area contributed by atoms with Gasteiger partial charge in [0.1, 0.15) is 4.83 Å². The molecule has 0 spiro atoms. The van der Waals surface area contributed by atoms with Gasteiger partial charge in [-0.3, -0.25) is 19.5 Å². The van der Waals surface area contributed by atoms with Crippen molar-refractivity contribution in [3.8, 4) is 0 Å². The van der Waals surface area contributed by atoms with Crippen molar-refractivity contribution < 1.29 is 9.59 Å². The van der Waals surface area contributed by atoms with Gasteiger partial charge in [0.05, 0.1) is 10.6 Å². The Morgan fingerprint density at radius 1 is 1.52 bits per heavy atom. The van der Waals surface area contributed by atoms with Gasteiger partial charge in [0.25, 0.3) is 5.56 Å². The van der Waals surface area contributed by atoms with Crippen LogP contribution in [0.25, 0.3) is 10.2 Å². The molecule has 1 aliphatic rings. The molecular formula is C16H18N4O3S2. The lowest BCUT2D eigenvalue weighted by Gasteiger charge is -2.14. The number of primary amides is 1. The Kier molecular flexibility index (Phi) is 4.96. The summed E-state index contributed by atoms with van der Waals surface area (Å²) in [5.41, 5.74) is 5.99. The lowest BCUT2D eigenvalue weighted by Crippen LogP contribution is -2.39. The fourth-order valence-corrected chi connectivity index (χ4v) is 5.09. The smallest absolute Gasteiger partial charge is 0.318 e. The first-order chi connectivity index (χ1) is 11.9. The average Bonchev–Trinajstić information content (AvgIpc) is 3.10. The Hall–Kier alpha value is -2.13. The van der Waals surface area contributed by atoms with Gasteiger partial charge >= 0.3 is 6.03 Å². The number of aryl methyl sites for hydroxylation is 2. The van der Waals surface area contributed by atoms with E-state index < -0.39 is 17.2 Å². The summed E-state index contributed by atoms with van der Waals surface area (Å²) in [6.07, 6.45) is 4.58. The van der Waals surface area contributed by atoms with Crippen LogP contribution >= 0.6 is 23.1 Å². The first kappa shape index (κ1) is 17.7. The topological polar surface area (TPSA) is 107 Å². The third-order valence-electron chi connectivity index (χ3n) is 4.00. The third kappa shape index (κ3) is 3.34. The predicted molar refractivity (Wildman–Crippen MR) is 99.1 cm³/mol. The number of nitrogens with one attached hydrogen (secondary N) is 1. The van der Waals surface area contributed by atoms with Gasteiger partial charge in [-0.25, -0.2) is 9.78 Å². The molecule has 132 valence electrons. The van der Waals surface area contributed by atoms with Crippen molar-refractivity contribution in [2.45, 2.75) is 43.1 Å². The standard InChI is InChI=1S/C16H18N4O3S2/c1-3-7-20-14(22)11-9-5-4-6-10(9)25-13(11)19-16(20)24-8(2)12(21)18-15(17)23/h3,8H,1,4-7H2,2H3,(H3,17,18,21,23). The minimum atomic E-state index is -0.904. The normalized spacial score (nSPS) is 14.3. The van der Waals surface area contributed by atoms with E-state index in [2.05, 4.69) is 11.6 Å². The number of allylic oxidation sites excluding steroid dienone is 1. The quantitative estimate of drug-likeness (QED) is 0.469. The van der Waals surface area contributed by atoms with E-state index in [0.717, 1.165) is 36.6 Å². The van der Waals surface area contributed by atoms with Crippen molar-refractivity contribution in [2.24, 2.45) is 5.73 Å². The molecule has 0 saturated heterocycles. The van der Waals surface area contributed by atoms with Crippen LogP contribution in [0, 0.1) is 0 Å². The lowest BCUT2D eigenvalue weighted by molar-refractivity contribution is -0.119. The number of nitrogens with zero attached hydrogens (tertiary/aromatic N) is 2.